The van der Waals surface area contributed by atoms with E-state index in [0.29, 0.717) is 11.8 Å². The fraction of sp³-hybridized carbons (Fsp3) is 1.00. The lowest BCUT2D eigenvalue weighted by molar-refractivity contribution is 0.0702. The predicted octanol–water partition coefficient (Wildman–Crippen LogP) is 1.00. The molecule has 1 saturated heterocycles. The van der Waals surface area contributed by atoms with E-state index < -0.39 is 0 Å². The Morgan fingerprint density at radius 1 is 1.55 bits per heavy atom. The van der Waals surface area contributed by atoms with Crippen LogP contribution in [0.3, 0.4) is 0 Å². The first kappa shape index (κ1) is 9.01. The van der Waals surface area contributed by atoms with Crippen LogP contribution in [-0.2, 0) is 0 Å². The van der Waals surface area contributed by atoms with Crippen molar-refractivity contribution < 1.29 is 5.11 Å². The summed E-state index contributed by atoms with van der Waals surface area (Å²) < 4.78 is 0. The summed E-state index contributed by atoms with van der Waals surface area (Å²) in [5, 5.41) is 12.7. The Bertz CT molecular complexity index is 114. The van der Waals surface area contributed by atoms with E-state index in [4.69, 9.17) is 0 Å². The van der Waals surface area contributed by atoms with Crippen LogP contribution in [-0.4, -0.2) is 24.3 Å². The van der Waals surface area contributed by atoms with Gasteiger partial charge in [-0.2, -0.15) is 0 Å². The third-order valence-corrected chi connectivity index (χ3v) is 2.36. The highest BCUT2D eigenvalue weighted by molar-refractivity contribution is 4.77. The Morgan fingerprint density at radius 2 is 2.27 bits per heavy atom. The third-order valence-electron chi connectivity index (χ3n) is 2.36. The number of aliphatic hydroxyl groups is 1. The maximum atomic E-state index is 9.56. The van der Waals surface area contributed by atoms with Crippen LogP contribution in [0.4, 0.5) is 0 Å². The minimum atomic E-state index is -0.105. The molecule has 1 rings (SSSR count). The molecule has 2 heteroatoms. The molecule has 1 heterocycles. The number of aliphatic hydroxyl groups excluding tert-OH is 1. The van der Waals surface area contributed by atoms with Crippen molar-refractivity contribution in [3.8, 4) is 0 Å². The van der Waals surface area contributed by atoms with Gasteiger partial charge in [-0.15, -0.1) is 0 Å². The second-order valence-corrected chi connectivity index (χ2v) is 3.95. The highest BCUT2D eigenvalue weighted by Gasteiger charge is 2.22. The molecule has 2 atom stereocenters. The van der Waals surface area contributed by atoms with E-state index in [9.17, 15) is 5.11 Å². The molecule has 1 aliphatic heterocycles. The smallest absolute Gasteiger partial charge is 0.0693 e. The van der Waals surface area contributed by atoms with E-state index in [1.807, 2.05) is 0 Å². The average Bonchev–Trinajstić information content (AvgIpc) is 1.93. The van der Waals surface area contributed by atoms with Gasteiger partial charge in [0.15, 0.2) is 0 Å². The van der Waals surface area contributed by atoms with Crippen LogP contribution < -0.4 is 5.32 Å². The summed E-state index contributed by atoms with van der Waals surface area (Å²) in [4.78, 5) is 0. The zero-order valence-corrected chi connectivity index (χ0v) is 7.51. The molecule has 0 amide bonds. The number of hydrogen-bond acceptors (Lipinski definition) is 2. The molecule has 0 spiro atoms. The van der Waals surface area contributed by atoms with Gasteiger partial charge in [0.1, 0.15) is 0 Å². The van der Waals surface area contributed by atoms with Gasteiger partial charge in [0.2, 0.25) is 0 Å². The predicted molar refractivity (Wildman–Crippen MR) is 46.4 cm³/mol. The van der Waals surface area contributed by atoms with Crippen LogP contribution >= 0.6 is 0 Å². The molecule has 2 nitrogen and oxygen atoms in total. The number of rotatable bonds is 2. The van der Waals surface area contributed by atoms with Crippen LogP contribution in [0.25, 0.3) is 0 Å². The second-order valence-electron chi connectivity index (χ2n) is 3.95. The van der Waals surface area contributed by atoms with Crippen molar-refractivity contribution >= 4 is 0 Å². The summed E-state index contributed by atoms with van der Waals surface area (Å²) in [6.07, 6.45) is 2.20. The summed E-state index contributed by atoms with van der Waals surface area (Å²) >= 11 is 0. The van der Waals surface area contributed by atoms with Gasteiger partial charge in [-0.05, 0) is 31.2 Å². The van der Waals surface area contributed by atoms with Crippen molar-refractivity contribution in [1.29, 1.82) is 0 Å². The molecule has 1 aliphatic rings. The van der Waals surface area contributed by atoms with E-state index in [1.54, 1.807) is 0 Å². The van der Waals surface area contributed by atoms with E-state index in [-0.39, 0.29) is 6.10 Å². The Morgan fingerprint density at radius 3 is 2.82 bits per heavy atom. The SMILES string of the molecule is CC(C)CC1CCNC[C@H]1O. The van der Waals surface area contributed by atoms with Crippen molar-refractivity contribution in [2.45, 2.75) is 32.8 Å². The molecule has 0 bridgehead atoms. The van der Waals surface area contributed by atoms with Gasteiger partial charge in [-0.25, -0.2) is 0 Å². The normalized spacial score (nSPS) is 32.7. The molecule has 1 fully saturated rings. The second kappa shape index (κ2) is 4.07. The average molecular weight is 157 g/mol. The summed E-state index contributed by atoms with van der Waals surface area (Å²) in [6, 6.07) is 0. The van der Waals surface area contributed by atoms with Crippen molar-refractivity contribution in [2.24, 2.45) is 11.8 Å². The highest BCUT2D eigenvalue weighted by Crippen LogP contribution is 2.20. The Hall–Kier alpha value is -0.0800. The van der Waals surface area contributed by atoms with Crippen LogP contribution in [0.5, 0.6) is 0 Å². The first-order chi connectivity index (χ1) is 5.20. The van der Waals surface area contributed by atoms with E-state index in [1.165, 1.54) is 6.42 Å². The molecule has 2 N–H and O–H groups in total. The maximum Gasteiger partial charge on any atom is 0.0693 e. The molecule has 66 valence electrons. The summed E-state index contributed by atoms with van der Waals surface area (Å²) in [6.45, 7) is 6.30. The maximum absolute atomic E-state index is 9.56. The fourth-order valence-electron chi connectivity index (χ4n) is 1.78. The largest absolute Gasteiger partial charge is 0.392 e. The Kier molecular flexibility index (Phi) is 3.34. The zero-order chi connectivity index (χ0) is 8.27. The van der Waals surface area contributed by atoms with Crippen molar-refractivity contribution in [3.63, 3.8) is 0 Å². The topological polar surface area (TPSA) is 32.3 Å². The summed E-state index contributed by atoms with van der Waals surface area (Å²) in [5.41, 5.74) is 0. The molecular formula is C9H19NO. The van der Waals surface area contributed by atoms with Gasteiger partial charge >= 0.3 is 0 Å². The highest BCUT2D eigenvalue weighted by atomic mass is 16.3. The summed E-state index contributed by atoms with van der Waals surface area (Å²) in [5.74, 6) is 1.25. The van der Waals surface area contributed by atoms with Crippen LogP contribution in [0.2, 0.25) is 0 Å². The third kappa shape index (κ3) is 2.80. The number of nitrogens with one attached hydrogen (secondary N) is 1. The molecule has 0 aliphatic carbocycles. The van der Waals surface area contributed by atoms with Crippen molar-refractivity contribution in [1.82, 2.24) is 5.32 Å². The van der Waals surface area contributed by atoms with Crippen LogP contribution in [0.15, 0.2) is 0 Å². The number of piperidine rings is 1. The van der Waals surface area contributed by atoms with Gasteiger partial charge in [0.05, 0.1) is 6.10 Å². The van der Waals surface area contributed by atoms with Gasteiger partial charge in [-0.1, -0.05) is 13.8 Å². The molecule has 1 unspecified atom stereocenters. The standard InChI is InChI=1S/C9H19NO/c1-7(2)5-8-3-4-10-6-9(8)11/h7-11H,3-6H2,1-2H3/t8?,9-/m1/s1. The van der Waals surface area contributed by atoms with Crippen LogP contribution in [0.1, 0.15) is 26.7 Å². The number of hydrogen-bond donors (Lipinski definition) is 2. The molecule has 0 aromatic carbocycles. The molecular weight excluding hydrogens is 138 g/mol. The molecule has 0 radical (unpaired) electrons. The van der Waals surface area contributed by atoms with E-state index in [0.717, 1.165) is 19.5 Å². The van der Waals surface area contributed by atoms with E-state index >= 15 is 0 Å². The minimum absolute atomic E-state index is 0.105. The Labute approximate surface area is 69.0 Å². The van der Waals surface area contributed by atoms with Gasteiger partial charge in [0, 0.05) is 6.54 Å². The quantitative estimate of drug-likeness (QED) is 0.627. The number of β-amino-alcohol motifs (C(OH)–C–C–N with tert-alkyl or cyclic N) is 1. The van der Waals surface area contributed by atoms with Crippen molar-refractivity contribution in [2.75, 3.05) is 13.1 Å². The van der Waals surface area contributed by atoms with Crippen molar-refractivity contribution in [3.05, 3.63) is 0 Å². The van der Waals surface area contributed by atoms with Gasteiger partial charge < -0.3 is 10.4 Å². The first-order valence-corrected chi connectivity index (χ1v) is 4.59. The zero-order valence-electron chi connectivity index (χ0n) is 7.51. The van der Waals surface area contributed by atoms with Gasteiger partial charge in [0.25, 0.3) is 0 Å². The molecule has 0 saturated carbocycles. The lowest BCUT2D eigenvalue weighted by Gasteiger charge is -2.29. The lowest BCUT2D eigenvalue weighted by Crippen LogP contribution is -2.40. The van der Waals surface area contributed by atoms with E-state index in [2.05, 4.69) is 19.2 Å². The molecule has 11 heavy (non-hydrogen) atoms. The Balaban J connectivity index is 2.29. The lowest BCUT2D eigenvalue weighted by atomic mass is 9.87. The fourth-order valence-corrected chi connectivity index (χ4v) is 1.78. The monoisotopic (exact) mass is 157 g/mol. The molecule has 0 aromatic heterocycles. The summed E-state index contributed by atoms with van der Waals surface area (Å²) in [7, 11) is 0. The molecule has 0 aromatic rings. The van der Waals surface area contributed by atoms with Crippen LogP contribution in [0, 0.1) is 11.8 Å². The van der Waals surface area contributed by atoms with Gasteiger partial charge in [-0.3, -0.25) is 0 Å². The first-order valence-electron chi connectivity index (χ1n) is 4.59. The minimum Gasteiger partial charge on any atom is -0.392 e.